The van der Waals surface area contributed by atoms with E-state index in [1.54, 1.807) is 0 Å². The smallest absolute Gasteiger partial charge is 0.160 e. The van der Waals surface area contributed by atoms with E-state index < -0.39 is 0 Å². The molecule has 2 aliphatic rings. The van der Waals surface area contributed by atoms with E-state index in [1.807, 2.05) is 12.3 Å². The number of thioether (sulfide) groups is 1. The van der Waals surface area contributed by atoms with Crippen molar-refractivity contribution in [3.63, 3.8) is 0 Å². The highest BCUT2D eigenvalue weighted by atomic mass is 32.2. The van der Waals surface area contributed by atoms with Gasteiger partial charge in [0.1, 0.15) is 11.3 Å². The molecule has 5 heteroatoms. The molecule has 4 nitrogen and oxygen atoms in total. The summed E-state index contributed by atoms with van der Waals surface area (Å²) in [7, 11) is 0. The third-order valence-corrected chi connectivity index (χ3v) is 6.01. The summed E-state index contributed by atoms with van der Waals surface area (Å²) in [5, 5.41) is 3.61. The van der Waals surface area contributed by atoms with Crippen LogP contribution in [0.15, 0.2) is 18.3 Å². The molecular weight excluding hydrogens is 292 g/mol. The van der Waals surface area contributed by atoms with E-state index in [-0.39, 0.29) is 0 Å². The summed E-state index contributed by atoms with van der Waals surface area (Å²) in [5.74, 6) is 4.67. The van der Waals surface area contributed by atoms with Crippen LogP contribution in [0.3, 0.4) is 0 Å². The molecule has 2 aromatic heterocycles. The minimum atomic E-state index is 0.583. The molecule has 1 N–H and O–H groups in total. The minimum absolute atomic E-state index is 0.583. The van der Waals surface area contributed by atoms with Gasteiger partial charge in [-0.3, -0.25) is 0 Å². The van der Waals surface area contributed by atoms with Gasteiger partial charge in [0.25, 0.3) is 0 Å². The molecule has 4 rings (SSSR count). The molecule has 1 atom stereocenters. The topological polar surface area (TPSA) is 42.7 Å². The van der Waals surface area contributed by atoms with Crippen molar-refractivity contribution in [2.24, 2.45) is 5.92 Å². The molecule has 0 spiro atoms. The normalized spacial score (nSPS) is 23.4. The van der Waals surface area contributed by atoms with Gasteiger partial charge in [-0.1, -0.05) is 0 Å². The second kappa shape index (κ2) is 6.59. The van der Waals surface area contributed by atoms with Gasteiger partial charge >= 0.3 is 0 Å². The van der Waals surface area contributed by atoms with Gasteiger partial charge in [-0.15, -0.1) is 0 Å². The second-order valence-electron chi connectivity index (χ2n) is 6.54. The number of rotatable bonds is 4. The molecular formula is C17H24N4S. The van der Waals surface area contributed by atoms with Crippen molar-refractivity contribution in [2.45, 2.75) is 44.7 Å². The molecule has 2 fully saturated rings. The molecule has 0 bridgehead atoms. The van der Waals surface area contributed by atoms with Crippen LogP contribution in [0.1, 0.15) is 31.5 Å². The molecule has 0 radical (unpaired) electrons. The highest BCUT2D eigenvalue weighted by Crippen LogP contribution is 2.27. The zero-order valence-corrected chi connectivity index (χ0v) is 13.8. The Morgan fingerprint density at radius 3 is 3.00 bits per heavy atom. The first-order valence-electron chi connectivity index (χ1n) is 8.51. The van der Waals surface area contributed by atoms with Crippen LogP contribution >= 0.6 is 11.8 Å². The summed E-state index contributed by atoms with van der Waals surface area (Å²) < 4.78 is 2.39. The van der Waals surface area contributed by atoms with Crippen molar-refractivity contribution >= 4 is 22.9 Å². The molecule has 1 unspecified atom stereocenters. The number of fused-ring (bicyclic) bond motifs is 1. The van der Waals surface area contributed by atoms with Crippen LogP contribution in [0.5, 0.6) is 0 Å². The SMILES string of the molecule is c1cnc2c(c1)nc(CC1CCSCC1)n2CC1CCCN1. The summed E-state index contributed by atoms with van der Waals surface area (Å²) in [5.41, 5.74) is 2.12. The predicted molar refractivity (Wildman–Crippen MR) is 92.3 cm³/mol. The average Bonchev–Trinajstić information content (AvgIpc) is 3.18. The van der Waals surface area contributed by atoms with Crippen molar-refractivity contribution in [3.05, 3.63) is 24.2 Å². The van der Waals surface area contributed by atoms with Crippen molar-refractivity contribution in [2.75, 3.05) is 18.1 Å². The lowest BCUT2D eigenvalue weighted by molar-refractivity contribution is 0.447. The summed E-state index contributed by atoms with van der Waals surface area (Å²) in [6, 6.07) is 4.68. The van der Waals surface area contributed by atoms with E-state index in [1.165, 1.54) is 43.0 Å². The van der Waals surface area contributed by atoms with Crippen LogP contribution in [0.4, 0.5) is 0 Å². The Hall–Kier alpha value is -1.07. The fourth-order valence-corrected chi connectivity index (χ4v) is 4.90. The number of aromatic nitrogens is 3. The second-order valence-corrected chi connectivity index (χ2v) is 7.76. The number of imidazole rings is 1. The largest absolute Gasteiger partial charge is 0.312 e. The number of nitrogens with zero attached hydrogens (tertiary/aromatic N) is 3. The van der Waals surface area contributed by atoms with E-state index in [0.29, 0.717) is 6.04 Å². The highest BCUT2D eigenvalue weighted by Gasteiger charge is 2.22. The lowest BCUT2D eigenvalue weighted by Crippen LogP contribution is -2.28. The Morgan fingerprint density at radius 2 is 2.18 bits per heavy atom. The fraction of sp³-hybridized carbons (Fsp3) is 0.647. The van der Waals surface area contributed by atoms with E-state index in [0.717, 1.165) is 36.6 Å². The van der Waals surface area contributed by atoms with Crippen LogP contribution in [-0.4, -0.2) is 38.6 Å². The quantitative estimate of drug-likeness (QED) is 0.942. The van der Waals surface area contributed by atoms with Crippen LogP contribution in [0, 0.1) is 5.92 Å². The average molecular weight is 316 g/mol. The molecule has 0 aliphatic carbocycles. The van der Waals surface area contributed by atoms with Crippen LogP contribution < -0.4 is 5.32 Å². The third-order valence-electron chi connectivity index (χ3n) is 4.96. The molecule has 4 heterocycles. The number of hydrogen-bond donors (Lipinski definition) is 1. The van der Waals surface area contributed by atoms with Crippen LogP contribution in [0.2, 0.25) is 0 Å². The van der Waals surface area contributed by atoms with Gasteiger partial charge in [-0.05, 0) is 61.8 Å². The molecule has 0 aromatic carbocycles. The Morgan fingerprint density at radius 1 is 1.27 bits per heavy atom. The standard InChI is InChI=1S/C17H24N4S/c1-3-14(18-7-1)12-21-16(11-13-5-9-22-10-6-13)20-15-4-2-8-19-17(15)21/h2,4,8,13-14,18H,1,3,5-7,9-12H2. The van der Waals surface area contributed by atoms with E-state index in [9.17, 15) is 0 Å². The Balaban J connectivity index is 1.62. The maximum atomic E-state index is 4.91. The summed E-state index contributed by atoms with van der Waals surface area (Å²) in [6.45, 7) is 2.17. The van der Waals surface area contributed by atoms with Crippen molar-refractivity contribution in [3.8, 4) is 0 Å². The van der Waals surface area contributed by atoms with E-state index in [2.05, 4.69) is 32.7 Å². The lowest BCUT2D eigenvalue weighted by atomic mass is 9.98. The van der Waals surface area contributed by atoms with Gasteiger partial charge in [0, 0.05) is 25.2 Å². The number of nitrogens with one attached hydrogen (secondary N) is 1. The minimum Gasteiger partial charge on any atom is -0.312 e. The molecule has 2 aliphatic heterocycles. The van der Waals surface area contributed by atoms with E-state index in [4.69, 9.17) is 4.98 Å². The molecule has 0 saturated carbocycles. The van der Waals surface area contributed by atoms with Gasteiger partial charge in [0.2, 0.25) is 0 Å². The Bertz CT molecular complexity index is 627. The monoisotopic (exact) mass is 316 g/mol. The van der Waals surface area contributed by atoms with Gasteiger partial charge < -0.3 is 9.88 Å². The predicted octanol–water partition coefficient (Wildman–Crippen LogP) is 2.87. The highest BCUT2D eigenvalue weighted by molar-refractivity contribution is 7.99. The molecule has 2 saturated heterocycles. The maximum absolute atomic E-state index is 4.91. The van der Waals surface area contributed by atoms with Gasteiger partial charge in [-0.2, -0.15) is 11.8 Å². The summed E-state index contributed by atoms with van der Waals surface area (Å²) in [4.78, 5) is 9.52. The zero-order valence-electron chi connectivity index (χ0n) is 13.0. The first kappa shape index (κ1) is 14.5. The Labute approximate surface area is 136 Å². The lowest BCUT2D eigenvalue weighted by Gasteiger charge is -2.22. The van der Waals surface area contributed by atoms with Gasteiger partial charge in [0.05, 0.1) is 0 Å². The molecule has 2 aromatic rings. The van der Waals surface area contributed by atoms with Crippen molar-refractivity contribution < 1.29 is 0 Å². The van der Waals surface area contributed by atoms with E-state index >= 15 is 0 Å². The molecule has 0 amide bonds. The summed E-state index contributed by atoms with van der Waals surface area (Å²) >= 11 is 2.10. The van der Waals surface area contributed by atoms with Gasteiger partial charge in [-0.25, -0.2) is 9.97 Å². The summed E-state index contributed by atoms with van der Waals surface area (Å²) in [6.07, 6.45) is 8.24. The van der Waals surface area contributed by atoms with Crippen LogP contribution in [0.25, 0.3) is 11.2 Å². The Kier molecular flexibility index (Phi) is 4.35. The first-order valence-corrected chi connectivity index (χ1v) is 9.67. The van der Waals surface area contributed by atoms with Crippen molar-refractivity contribution in [1.29, 1.82) is 0 Å². The molecule has 22 heavy (non-hydrogen) atoms. The van der Waals surface area contributed by atoms with Gasteiger partial charge in [0.15, 0.2) is 5.65 Å². The van der Waals surface area contributed by atoms with Crippen LogP contribution in [-0.2, 0) is 13.0 Å². The maximum Gasteiger partial charge on any atom is 0.160 e. The number of hydrogen-bond acceptors (Lipinski definition) is 4. The van der Waals surface area contributed by atoms with Crippen molar-refractivity contribution in [1.82, 2.24) is 19.9 Å². The molecule has 118 valence electrons. The third kappa shape index (κ3) is 3.01. The zero-order chi connectivity index (χ0) is 14.8. The number of pyridine rings is 1. The fourth-order valence-electron chi connectivity index (χ4n) is 3.69. The first-order chi connectivity index (χ1) is 10.9.